The van der Waals surface area contributed by atoms with Crippen molar-refractivity contribution in [2.45, 2.75) is 30.7 Å². The van der Waals surface area contributed by atoms with Gasteiger partial charge in [-0.3, -0.25) is 28.9 Å². The van der Waals surface area contributed by atoms with Gasteiger partial charge in [-0.25, -0.2) is 14.3 Å². The number of nitrogens with zero attached hydrogens (tertiary/aromatic N) is 3. The van der Waals surface area contributed by atoms with Gasteiger partial charge in [0, 0.05) is 12.8 Å². The summed E-state index contributed by atoms with van der Waals surface area (Å²) < 4.78 is 53.5. The molecular formula is C19H14ClF4N3O7S. The Morgan fingerprint density at radius 2 is 1.71 bits per heavy atom. The number of alkyl halides is 3. The average Bonchev–Trinajstić information content (AvgIpc) is 2.97. The summed E-state index contributed by atoms with van der Waals surface area (Å²) in [6.07, 6.45) is -7.64. The van der Waals surface area contributed by atoms with E-state index in [-0.39, 0.29) is 15.8 Å². The number of aliphatic imine (C=N–C) groups is 1. The second-order valence-electron chi connectivity index (χ2n) is 7.44. The van der Waals surface area contributed by atoms with Gasteiger partial charge < -0.3 is 10.2 Å². The van der Waals surface area contributed by atoms with Crippen LogP contribution < -0.4 is 4.90 Å². The first-order chi connectivity index (χ1) is 16.2. The summed E-state index contributed by atoms with van der Waals surface area (Å²) in [5.41, 5.74) is -1.08. The van der Waals surface area contributed by atoms with Crippen LogP contribution in [-0.4, -0.2) is 67.9 Å². The number of halogens is 5. The van der Waals surface area contributed by atoms with Crippen molar-refractivity contribution in [2.75, 3.05) is 11.4 Å². The van der Waals surface area contributed by atoms with E-state index in [4.69, 9.17) is 21.8 Å². The summed E-state index contributed by atoms with van der Waals surface area (Å²) in [4.78, 5) is 64.1. The first-order valence-electron chi connectivity index (χ1n) is 9.61. The van der Waals surface area contributed by atoms with Crippen LogP contribution in [0.1, 0.15) is 19.3 Å². The molecular weight excluding hydrogens is 526 g/mol. The normalized spacial score (nSPS) is 20.8. The molecule has 1 atom stereocenters. The Morgan fingerprint density at radius 3 is 2.23 bits per heavy atom. The number of amidine groups is 1. The van der Waals surface area contributed by atoms with Crippen LogP contribution in [0.3, 0.4) is 0 Å². The van der Waals surface area contributed by atoms with E-state index in [0.717, 1.165) is 6.07 Å². The lowest BCUT2D eigenvalue weighted by molar-refractivity contribution is -0.185. The van der Waals surface area contributed by atoms with Gasteiger partial charge in [0.25, 0.3) is 0 Å². The molecule has 2 aliphatic heterocycles. The van der Waals surface area contributed by atoms with Crippen molar-refractivity contribution in [2.24, 2.45) is 10.9 Å². The van der Waals surface area contributed by atoms with Gasteiger partial charge in [-0.15, -0.1) is 0 Å². The van der Waals surface area contributed by atoms with Gasteiger partial charge in [-0.2, -0.15) is 13.2 Å². The van der Waals surface area contributed by atoms with Crippen LogP contribution in [0.25, 0.3) is 0 Å². The predicted octanol–water partition coefficient (Wildman–Crippen LogP) is 2.80. The van der Waals surface area contributed by atoms with Crippen molar-refractivity contribution in [3.63, 3.8) is 0 Å². The van der Waals surface area contributed by atoms with E-state index in [2.05, 4.69) is 4.99 Å². The van der Waals surface area contributed by atoms with E-state index in [9.17, 15) is 41.5 Å². The number of anilines is 1. The molecule has 0 radical (unpaired) electrons. The smallest absolute Gasteiger partial charge is 0.392 e. The number of carbonyl (C=O) groups is 5. The van der Waals surface area contributed by atoms with Gasteiger partial charge in [0.2, 0.25) is 17.7 Å². The Kier molecular flexibility index (Phi) is 7.40. The van der Waals surface area contributed by atoms with Crippen molar-refractivity contribution < 1.29 is 51.7 Å². The highest BCUT2D eigenvalue weighted by Gasteiger charge is 2.48. The fourth-order valence-electron chi connectivity index (χ4n) is 3.37. The van der Waals surface area contributed by atoms with Crippen molar-refractivity contribution in [3.8, 4) is 0 Å². The fourth-order valence-corrected chi connectivity index (χ4v) is 4.70. The number of hydrogen-bond acceptors (Lipinski definition) is 7. The van der Waals surface area contributed by atoms with E-state index in [1.54, 1.807) is 0 Å². The fraction of sp³-hybridized carbons (Fsp3) is 0.368. The van der Waals surface area contributed by atoms with Crippen LogP contribution in [0.4, 0.5) is 28.9 Å². The molecule has 1 unspecified atom stereocenters. The number of amides is 3. The van der Waals surface area contributed by atoms with E-state index in [1.165, 1.54) is 0 Å². The van der Waals surface area contributed by atoms with Crippen LogP contribution in [0.2, 0.25) is 5.02 Å². The van der Waals surface area contributed by atoms with Crippen LogP contribution >= 0.6 is 23.4 Å². The molecule has 2 heterocycles. The number of aliphatic carboxylic acids is 2. The summed E-state index contributed by atoms with van der Waals surface area (Å²) in [5.74, 6) is -9.69. The number of piperidine rings is 1. The SMILES string of the molecule is O=C(O)CC1S/C(=N\c2cc(N3C(=O)CC(C(F)(F)F)CC3=O)c(F)cc2Cl)N(CC(=O)O)C1=O. The average molecular weight is 540 g/mol. The molecule has 188 valence electrons. The van der Waals surface area contributed by atoms with Crippen LogP contribution in [0.5, 0.6) is 0 Å². The van der Waals surface area contributed by atoms with E-state index in [1.807, 2.05) is 0 Å². The summed E-state index contributed by atoms with van der Waals surface area (Å²) in [5, 5.41) is 16.1. The molecule has 16 heteroatoms. The standard InChI is InChI=1S/C19H14ClF4N3O7S/c20-8-3-9(21)11(27-13(28)1-7(2-14(27)29)19(22,23)24)4-10(8)25-18-26(6-16(32)33)17(34)12(35-18)5-15(30)31/h3-4,7,12H,1-2,5-6H2,(H,30,31)(H,32,33)/b25-18-. The van der Waals surface area contributed by atoms with Crippen LogP contribution in [-0.2, 0) is 24.0 Å². The first-order valence-corrected chi connectivity index (χ1v) is 10.9. The van der Waals surface area contributed by atoms with E-state index < -0.39 is 89.3 Å². The summed E-state index contributed by atoms with van der Waals surface area (Å²) in [6, 6.07) is 1.44. The Bertz CT molecular complexity index is 1140. The lowest BCUT2D eigenvalue weighted by Crippen LogP contribution is -2.47. The topological polar surface area (TPSA) is 145 Å². The monoisotopic (exact) mass is 539 g/mol. The third-order valence-corrected chi connectivity index (χ3v) is 6.43. The van der Waals surface area contributed by atoms with Gasteiger partial charge in [-0.1, -0.05) is 23.4 Å². The molecule has 2 aliphatic rings. The van der Waals surface area contributed by atoms with Gasteiger partial charge >= 0.3 is 18.1 Å². The molecule has 0 aromatic heterocycles. The molecule has 0 aliphatic carbocycles. The second kappa shape index (κ2) is 9.81. The maximum absolute atomic E-state index is 14.6. The minimum atomic E-state index is -4.81. The summed E-state index contributed by atoms with van der Waals surface area (Å²) in [7, 11) is 0. The number of hydrogen-bond donors (Lipinski definition) is 2. The molecule has 0 saturated carbocycles. The third-order valence-electron chi connectivity index (χ3n) is 4.95. The summed E-state index contributed by atoms with van der Waals surface area (Å²) >= 11 is 6.59. The quantitative estimate of drug-likeness (QED) is 0.415. The zero-order chi connectivity index (χ0) is 26.2. The molecule has 1 aromatic rings. The third kappa shape index (κ3) is 5.73. The van der Waals surface area contributed by atoms with Crippen molar-refractivity contribution >= 4 is 69.6 Å². The molecule has 10 nitrogen and oxygen atoms in total. The molecule has 2 N–H and O–H groups in total. The maximum atomic E-state index is 14.6. The highest BCUT2D eigenvalue weighted by atomic mass is 35.5. The van der Waals surface area contributed by atoms with Gasteiger partial charge in [0.05, 0.1) is 28.7 Å². The van der Waals surface area contributed by atoms with E-state index >= 15 is 0 Å². The van der Waals surface area contributed by atoms with Crippen LogP contribution in [0.15, 0.2) is 17.1 Å². The number of imide groups is 1. The number of carbonyl (C=O) groups excluding carboxylic acids is 3. The summed E-state index contributed by atoms with van der Waals surface area (Å²) in [6.45, 7) is -0.881. The molecule has 3 rings (SSSR count). The van der Waals surface area contributed by atoms with Crippen molar-refractivity contribution in [1.29, 1.82) is 0 Å². The number of carboxylic acid groups (broad SMARTS) is 2. The van der Waals surface area contributed by atoms with Crippen LogP contribution in [0, 0.1) is 11.7 Å². The minimum Gasteiger partial charge on any atom is -0.481 e. The Labute approximate surface area is 202 Å². The van der Waals surface area contributed by atoms with Crippen molar-refractivity contribution in [3.05, 3.63) is 23.0 Å². The van der Waals surface area contributed by atoms with Gasteiger partial charge in [0.15, 0.2) is 5.17 Å². The van der Waals surface area contributed by atoms with Gasteiger partial charge in [-0.05, 0) is 12.1 Å². The lowest BCUT2D eigenvalue weighted by Gasteiger charge is -2.31. The second-order valence-corrected chi connectivity index (χ2v) is 9.02. The Morgan fingerprint density at radius 1 is 1.11 bits per heavy atom. The molecule has 2 saturated heterocycles. The van der Waals surface area contributed by atoms with E-state index in [0.29, 0.717) is 22.7 Å². The first kappa shape index (κ1) is 26.4. The minimum absolute atomic E-state index is 0.243. The highest BCUT2D eigenvalue weighted by molar-refractivity contribution is 8.15. The maximum Gasteiger partial charge on any atom is 0.392 e. The number of carboxylic acids is 2. The number of rotatable bonds is 6. The Balaban J connectivity index is 2.00. The van der Waals surface area contributed by atoms with Gasteiger partial charge in [0.1, 0.15) is 17.6 Å². The molecule has 0 spiro atoms. The number of thioether (sulfide) groups is 1. The largest absolute Gasteiger partial charge is 0.481 e. The Hall–Kier alpha value is -3.20. The molecule has 1 aromatic carbocycles. The highest BCUT2D eigenvalue weighted by Crippen LogP contribution is 2.40. The lowest BCUT2D eigenvalue weighted by atomic mass is 9.94. The number of benzene rings is 1. The predicted molar refractivity (Wildman–Crippen MR) is 113 cm³/mol. The zero-order valence-corrected chi connectivity index (χ0v) is 18.8. The van der Waals surface area contributed by atoms with Crippen molar-refractivity contribution in [1.82, 2.24) is 4.90 Å². The zero-order valence-electron chi connectivity index (χ0n) is 17.2. The molecule has 3 amide bonds. The molecule has 2 fully saturated rings. The molecule has 0 bridgehead atoms. The molecule has 35 heavy (non-hydrogen) atoms.